The third-order valence-corrected chi connectivity index (χ3v) is 3.51. The molecule has 2 rings (SSSR count). The summed E-state index contributed by atoms with van der Waals surface area (Å²) in [6, 6.07) is 8.12. The molecule has 102 valence electrons. The predicted octanol–water partition coefficient (Wildman–Crippen LogP) is 3.45. The summed E-state index contributed by atoms with van der Waals surface area (Å²) in [7, 11) is 1.67. The van der Waals surface area contributed by atoms with E-state index in [0.717, 1.165) is 24.6 Å². The molecule has 1 aromatic carbocycles. The van der Waals surface area contributed by atoms with Crippen LogP contribution in [0.2, 0.25) is 0 Å². The van der Waals surface area contributed by atoms with E-state index < -0.39 is 0 Å². The molecule has 1 heterocycles. The van der Waals surface area contributed by atoms with Crippen molar-refractivity contribution in [1.82, 2.24) is 5.32 Å². The molecule has 0 aliphatic rings. The van der Waals surface area contributed by atoms with Crippen molar-refractivity contribution in [1.29, 1.82) is 0 Å². The zero-order valence-electron chi connectivity index (χ0n) is 11.3. The first-order valence-corrected chi connectivity index (χ1v) is 7.29. The SMILES string of the molecule is CCNCc1ccc(OCc2ccsc2)c(OC)c1. The first-order valence-electron chi connectivity index (χ1n) is 6.35. The molecule has 0 bridgehead atoms. The van der Waals surface area contributed by atoms with Gasteiger partial charge in [-0.3, -0.25) is 0 Å². The predicted molar refractivity (Wildman–Crippen MR) is 79.0 cm³/mol. The zero-order chi connectivity index (χ0) is 13.5. The number of hydrogen-bond donors (Lipinski definition) is 1. The van der Waals surface area contributed by atoms with Crippen molar-refractivity contribution < 1.29 is 9.47 Å². The Hall–Kier alpha value is -1.52. The van der Waals surface area contributed by atoms with Crippen molar-refractivity contribution >= 4 is 11.3 Å². The van der Waals surface area contributed by atoms with Crippen LogP contribution in [0.3, 0.4) is 0 Å². The van der Waals surface area contributed by atoms with Gasteiger partial charge in [0.25, 0.3) is 0 Å². The Morgan fingerprint density at radius 1 is 1.16 bits per heavy atom. The molecular weight excluding hydrogens is 258 g/mol. The second kappa shape index (κ2) is 7.16. The molecule has 1 N–H and O–H groups in total. The van der Waals surface area contributed by atoms with Gasteiger partial charge in [0.15, 0.2) is 11.5 Å². The lowest BCUT2D eigenvalue weighted by Crippen LogP contribution is -2.11. The number of methoxy groups -OCH3 is 1. The second-order valence-corrected chi connectivity index (χ2v) is 4.97. The topological polar surface area (TPSA) is 30.5 Å². The third-order valence-electron chi connectivity index (χ3n) is 2.78. The fourth-order valence-corrected chi connectivity index (χ4v) is 2.40. The minimum Gasteiger partial charge on any atom is -0.493 e. The van der Waals surface area contributed by atoms with Crippen LogP contribution in [0, 0.1) is 0 Å². The van der Waals surface area contributed by atoms with Crippen LogP contribution < -0.4 is 14.8 Å². The average molecular weight is 277 g/mol. The Kier molecular flexibility index (Phi) is 5.24. The maximum atomic E-state index is 5.79. The number of nitrogens with one attached hydrogen (secondary N) is 1. The monoisotopic (exact) mass is 277 g/mol. The van der Waals surface area contributed by atoms with E-state index in [1.807, 2.05) is 12.1 Å². The molecule has 0 aliphatic heterocycles. The van der Waals surface area contributed by atoms with Gasteiger partial charge in [0, 0.05) is 6.54 Å². The van der Waals surface area contributed by atoms with Crippen LogP contribution in [0.15, 0.2) is 35.0 Å². The summed E-state index contributed by atoms with van der Waals surface area (Å²) in [6.07, 6.45) is 0. The van der Waals surface area contributed by atoms with Crippen LogP contribution in [-0.4, -0.2) is 13.7 Å². The van der Waals surface area contributed by atoms with Crippen molar-refractivity contribution in [3.05, 3.63) is 46.2 Å². The van der Waals surface area contributed by atoms with Gasteiger partial charge < -0.3 is 14.8 Å². The number of benzene rings is 1. The van der Waals surface area contributed by atoms with Crippen molar-refractivity contribution in [3.63, 3.8) is 0 Å². The molecule has 0 radical (unpaired) electrons. The lowest BCUT2D eigenvalue weighted by molar-refractivity contribution is 0.284. The van der Waals surface area contributed by atoms with Crippen molar-refractivity contribution in [2.24, 2.45) is 0 Å². The maximum Gasteiger partial charge on any atom is 0.161 e. The zero-order valence-corrected chi connectivity index (χ0v) is 12.1. The Balaban J connectivity index is 2.03. The van der Waals surface area contributed by atoms with E-state index >= 15 is 0 Å². The molecule has 0 atom stereocenters. The van der Waals surface area contributed by atoms with Crippen molar-refractivity contribution in [2.75, 3.05) is 13.7 Å². The van der Waals surface area contributed by atoms with Gasteiger partial charge in [-0.2, -0.15) is 11.3 Å². The molecule has 2 aromatic rings. The third kappa shape index (κ3) is 3.98. The normalized spacial score (nSPS) is 10.4. The highest BCUT2D eigenvalue weighted by atomic mass is 32.1. The molecule has 0 saturated heterocycles. The van der Waals surface area contributed by atoms with Gasteiger partial charge in [0.05, 0.1) is 7.11 Å². The molecular formula is C15H19NO2S. The molecule has 0 aliphatic carbocycles. The summed E-state index contributed by atoms with van der Waals surface area (Å²) in [5.41, 5.74) is 2.38. The highest BCUT2D eigenvalue weighted by molar-refractivity contribution is 7.07. The molecule has 0 saturated carbocycles. The van der Waals surface area contributed by atoms with Crippen LogP contribution in [0.1, 0.15) is 18.1 Å². The summed E-state index contributed by atoms with van der Waals surface area (Å²) in [6.45, 7) is 4.47. The average Bonchev–Trinajstić information content (AvgIpc) is 2.96. The minimum atomic E-state index is 0.576. The molecule has 0 fully saturated rings. The first-order chi connectivity index (χ1) is 9.33. The van der Waals surface area contributed by atoms with E-state index in [9.17, 15) is 0 Å². The number of ether oxygens (including phenoxy) is 2. The van der Waals surface area contributed by atoms with Gasteiger partial charge >= 0.3 is 0 Å². The fraction of sp³-hybridized carbons (Fsp3) is 0.333. The Bertz CT molecular complexity index is 497. The van der Waals surface area contributed by atoms with Crippen LogP contribution >= 0.6 is 11.3 Å². The Labute approximate surface area is 118 Å². The summed E-state index contributed by atoms with van der Waals surface area (Å²) in [5.74, 6) is 1.57. The second-order valence-electron chi connectivity index (χ2n) is 4.19. The van der Waals surface area contributed by atoms with E-state index in [4.69, 9.17) is 9.47 Å². The highest BCUT2D eigenvalue weighted by Crippen LogP contribution is 2.29. The number of thiophene rings is 1. The van der Waals surface area contributed by atoms with Crippen molar-refractivity contribution in [2.45, 2.75) is 20.1 Å². The number of hydrogen-bond acceptors (Lipinski definition) is 4. The lowest BCUT2D eigenvalue weighted by atomic mass is 10.2. The van der Waals surface area contributed by atoms with Gasteiger partial charge in [-0.15, -0.1) is 0 Å². The molecule has 1 aromatic heterocycles. The van der Waals surface area contributed by atoms with E-state index in [1.165, 1.54) is 11.1 Å². The van der Waals surface area contributed by atoms with Crippen LogP contribution in [0.25, 0.3) is 0 Å². The van der Waals surface area contributed by atoms with Gasteiger partial charge in [-0.05, 0) is 46.6 Å². The van der Waals surface area contributed by atoms with E-state index in [-0.39, 0.29) is 0 Å². The van der Waals surface area contributed by atoms with Crippen molar-refractivity contribution in [3.8, 4) is 11.5 Å². The molecule has 0 spiro atoms. The number of rotatable bonds is 7. The summed E-state index contributed by atoms with van der Waals surface area (Å²) in [5, 5.41) is 7.44. The summed E-state index contributed by atoms with van der Waals surface area (Å²) < 4.78 is 11.2. The van der Waals surface area contributed by atoms with Crippen LogP contribution in [0.5, 0.6) is 11.5 Å². The molecule has 4 heteroatoms. The lowest BCUT2D eigenvalue weighted by Gasteiger charge is -2.12. The quantitative estimate of drug-likeness (QED) is 0.841. The molecule has 0 amide bonds. The summed E-state index contributed by atoms with van der Waals surface area (Å²) >= 11 is 1.68. The van der Waals surface area contributed by atoms with Gasteiger partial charge in [0.1, 0.15) is 6.61 Å². The minimum absolute atomic E-state index is 0.576. The summed E-state index contributed by atoms with van der Waals surface area (Å²) in [4.78, 5) is 0. The van der Waals surface area contributed by atoms with Gasteiger partial charge in [-0.1, -0.05) is 13.0 Å². The van der Waals surface area contributed by atoms with Crippen LogP contribution in [-0.2, 0) is 13.2 Å². The van der Waals surface area contributed by atoms with Crippen LogP contribution in [0.4, 0.5) is 0 Å². The molecule has 19 heavy (non-hydrogen) atoms. The Morgan fingerprint density at radius 3 is 2.74 bits per heavy atom. The first kappa shape index (κ1) is 13.9. The highest BCUT2D eigenvalue weighted by Gasteiger charge is 2.06. The Morgan fingerprint density at radius 2 is 2.05 bits per heavy atom. The van der Waals surface area contributed by atoms with E-state index in [2.05, 4.69) is 35.1 Å². The largest absolute Gasteiger partial charge is 0.493 e. The van der Waals surface area contributed by atoms with E-state index in [0.29, 0.717) is 6.61 Å². The van der Waals surface area contributed by atoms with Gasteiger partial charge in [0.2, 0.25) is 0 Å². The molecule has 3 nitrogen and oxygen atoms in total. The smallest absolute Gasteiger partial charge is 0.161 e. The fourth-order valence-electron chi connectivity index (χ4n) is 1.75. The standard InChI is InChI=1S/C15H19NO2S/c1-3-16-9-12-4-5-14(15(8-12)17-2)18-10-13-6-7-19-11-13/h4-8,11,16H,3,9-10H2,1-2H3. The molecule has 0 unspecified atom stereocenters. The maximum absolute atomic E-state index is 5.79. The van der Waals surface area contributed by atoms with E-state index in [1.54, 1.807) is 18.4 Å². The van der Waals surface area contributed by atoms with Gasteiger partial charge in [-0.25, -0.2) is 0 Å².